The van der Waals surface area contributed by atoms with Crippen molar-refractivity contribution < 1.29 is 9.47 Å². The summed E-state index contributed by atoms with van der Waals surface area (Å²) >= 11 is 3.81. The molecule has 0 saturated carbocycles. The Morgan fingerprint density at radius 3 is 2.59 bits per heavy atom. The van der Waals surface area contributed by atoms with Crippen molar-refractivity contribution in [1.29, 1.82) is 0 Å². The van der Waals surface area contributed by atoms with Crippen LogP contribution in [0.5, 0.6) is 11.5 Å². The number of aryl methyl sites for hydroxylation is 1. The molecular weight excluding hydrogens is 402 g/mol. The van der Waals surface area contributed by atoms with Crippen LogP contribution < -0.4 is 9.47 Å². The highest BCUT2D eigenvalue weighted by molar-refractivity contribution is 9.11. The van der Waals surface area contributed by atoms with E-state index in [0.717, 1.165) is 43.9 Å². The summed E-state index contributed by atoms with van der Waals surface area (Å²) in [4.78, 5) is 2.40. The molecule has 1 atom stereocenters. The number of halogens is 1. The topological polar surface area (TPSA) is 21.7 Å². The van der Waals surface area contributed by atoms with Gasteiger partial charge < -0.3 is 9.47 Å². The zero-order valence-corrected chi connectivity index (χ0v) is 17.6. The molecule has 1 fully saturated rings. The molecule has 4 heteroatoms. The average molecular weight is 428 g/mol. The van der Waals surface area contributed by atoms with E-state index in [1.807, 2.05) is 6.07 Å². The second-order valence-corrected chi connectivity index (χ2v) is 8.13. The van der Waals surface area contributed by atoms with Crippen molar-refractivity contribution in [1.82, 2.24) is 4.90 Å². The molecule has 1 aliphatic carbocycles. The molecule has 2 aromatic carbocycles. The van der Waals surface area contributed by atoms with Gasteiger partial charge in [-0.15, -0.1) is 0 Å². The highest BCUT2D eigenvalue weighted by Gasteiger charge is 2.25. The molecule has 0 N–H and O–H groups in total. The van der Waals surface area contributed by atoms with Gasteiger partial charge in [-0.3, -0.25) is 4.90 Å². The third kappa shape index (κ3) is 3.78. The van der Waals surface area contributed by atoms with Gasteiger partial charge in [0, 0.05) is 11.0 Å². The fourth-order valence-electron chi connectivity index (χ4n) is 4.12. The number of rotatable bonds is 5. The number of benzene rings is 2. The maximum Gasteiger partial charge on any atom is 0.152 e. The van der Waals surface area contributed by atoms with Crippen LogP contribution in [0.25, 0.3) is 5.57 Å². The molecule has 0 spiro atoms. The van der Waals surface area contributed by atoms with Crippen molar-refractivity contribution in [2.24, 2.45) is 0 Å². The molecular formula is C23H26BrNO2. The highest BCUT2D eigenvalue weighted by atomic mass is 79.9. The molecule has 2 aromatic rings. The number of allylic oxidation sites excluding steroid dienone is 1. The van der Waals surface area contributed by atoms with Gasteiger partial charge in [-0.2, -0.15) is 0 Å². The maximum atomic E-state index is 6.23. The lowest BCUT2D eigenvalue weighted by Crippen LogP contribution is -2.33. The van der Waals surface area contributed by atoms with E-state index in [0.29, 0.717) is 0 Å². The van der Waals surface area contributed by atoms with E-state index in [1.165, 1.54) is 33.2 Å². The summed E-state index contributed by atoms with van der Waals surface area (Å²) in [7, 11) is 1.72. The first-order valence-electron chi connectivity index (χ1n) is 9.76. The summed E-state index contributed by atoms with van der Waals surface area (Å²) in [5.41, 5.74) is 5.13. The summed E-state index contributed by atoms with van der Waals surface area (Å²) in [6.45, 7) is 4.38. The summed E-state index contributed by atoms with van der Waals surface area (Å²) < 4.78 is 12.9. The molecule has 1 heterocycles. The van der Waals surface area contributed by atoms with Gasteiger partial charge in [0.05, 0.1) is 7.11 Å². The van der Waals surface area contributed by atoms with Crippen LogP contribution in [-0.4, -0.2) is 31.3 Å². The number of hydrogen-bond donors (Lipinski definition) is 0. The SMILES string of the molecule is CCN1CCCC1Oc1ccc(C2=C(Br)CCc3cc(OC)ccc32)cc1. The van der Waals surface area contributed by atoms with Crippen LogP contribution >= 0.6 is 15.9 Å². The number of hydrogen-bond acceptors (Lipinski definition) is 3. The Morgan fingerprint density at radius 1 is 1.07 bits per heavy atom. The minimum Gasteiger partial charge on any atom is -0.497 e. The first-order chi connectivity index (χ1) is 13.2. The van der Waals surface area contributed by atoms with Crippen molar-refractivity contribution in [2.45, 2.75) is 38.8 Å². The Labute approximate surface area is 170 Å². The van der Waals surface area contributed by atoms with Crippen molar-refractivity contribution in [3.8, 4) is 11.5 Å². The first kappa shape index (κ1) is 18.6. The van der Waals surface area contributed by atoms with Gasteiger partial charge in [0.25, 0.3) is 0 Å². The first-order valence-corrected chi connectivity index (χ1v) is 10.6. The lowest BCUT2D eigenvalue weighted by atomic mass is 9.87. The zero-order chi connectivity index (χ0) is 18.8. The molecule has 1 aliphatic heterocycles. The largest absolute Gasteiger partial charge is 0.497 e. The Kier molecular flexibility index (Phi) is 5.55. The van der Waals surface area contributed by atoms with Crippen LogP contribution in [0.1, 0.15) is 42.9 Å². The van der Waals surface area contributed by atoms with E-state index < -0.39 is 0 Å². The maximum absolute atomic E-state index is 6.23. The molecule has 0 bridgehead atoms. The van der Waals surface area contributed by atoms with Gasteiger partial charge >= 0.3 is 0 Å². The highest BCUT2D eigenvalue weighted by Crippen LogP contribution is 2.40. The summed E-state index contributed by atoms with van der Waals surface area (Å²) in [6.07, 6.45) is 4.60. The molecule has 0 radical (unpaired) electrons. The molecule has 27 heavy (non-hydrogen) atoms. The number of ether oxygens (including phenoxy) is 2. The normalized spacial score (nSPS) is 19.9. The van der Waals surface area contributed by atoms with Gasteiger partial charge in [0.1, 0.15) is 11.5 Å². The fourth-order valence-corrected chi connectivity index (χ4v) is 4.76. The van der Waals surface area contributed by atoms with Gasteiger partial charge in [0.15, 0.2) is 6.23 Å². The zero-order valence-electron chi connectivity index (χ0n) is 16.0. The quantitative estimate of drug-likeness (QED) is 0.618. The Morgan fingerprint density at radius 2 is 1.85 bits per heavy atom. The van der Waals surface area contributed by atoms with Crippen LogP contribution in [0.3, 0.4) is 0 Å². The standard InChI is InChI=1S/C23H26BrNO2/c1-3-25-14-4-5-22(25)27-18-9-6-16(7-10-18)23-20-12-11-19(26-2)15-17(20)8-13-21(23)24/h6-7,9-12,15,22H,3-5,8,13-14H2,1-2H3. The second kappa shape index (κ2) is 8.07. The van der Waals surface area contributed by atoms with Crippen molar-refractivity contribution in [2.75, 3.05) is 20.2 Å². The number of fused-ring (bicyclic) bond motifs is 1. The van der Waals surface area contributed by atoms with E-state index in [4.69, 9.17) is 9.47 Å². The Balaban J connectivity index is 1.58. The van der Waals surface area contributed by atoms with Crippen molar-refractivity contribution in [3.05, 3.63) is 63.6 Å². The molecule has 0 aromatic heterocycles. The smallest absolute Gasteiger partial charge is 0.152 e. The van der Waals surface area contributed by atoms with E-state index in [-0.39, 0.29) is 6.23 Å². The number of nitrogens with zero attached hydrogens (tertiary/aromatic N) is 1. The minimum atomic E-state index is 0.217. The Bertz CT molecular complexity index is 844. The number of likely N-dealkylation sites (tertiary alicyclic amines) is 1. The number of methoxy groups -OCH3 is 1. The second-order valence-electron chi connectivity index (χ2n) is 7.17. The Hall–Kier alpha value is -1.78. The minimum absolute atomic E-state index is 0.217. The monoisotopic (exact) mass is 427 g/mol. The third-order valence-electron chi connectivity index (χ3n) is 5.59. The van der Waals surface area contributed by atoms with Crippen LogP contribution in [0, 0.1) is 0 Å². The third-order valence-corrected chi connectivity index (χ3v) is 6.38. The summed E-state index contributed by atoms with van der Waals surface area (Å²) in [6, 6.07) is 14.9. The van der Waals surface area contributed by atoms with E-state index in [9.17, 15) is 0 Å². The molecule has 0 amide bonds. The van der Waals surface area contributed by atoms with Crippen LogP contribution in [0.4, 0.5) is 0 Å². The average Bonchev–Trinajstić information content (AvgIpc) is 3.15. The van der Waals surface area contributed by atoms with Crippen LogP contribution in [0.15, 0.2) is 46.9 Å². The van der Waals surface area contributed by atoms with Gasteiger partial charge in [0.2, 0.25) is 0 Å². The van der Waals surface area contributed by atoms with Crippen molar-refractivity contribution in [3.63, 3.8) is 0 Å². The lowest BCUT2D eigenvalue weighted by molar-refractivity contribution is 0.0650. The lowest BCUT2D eigenvalue weighted by Gasteiger charge is -2.24. The van der Waals surface area contributed by atoms with Crippen LogP contribution in [0.2, 0.25) is 0 Å². The predicted octanol–water partition coefficient (Wildman–Crippen LogP) is 5.62. The van der Waals surface area contributed by atoms with E-state index >= 15 is 0 Å². The summed E-state index contributed by atoms with van der Waals surface area (Å²) in [5.74, 6) is 1.87. The van der Waals surface area contributed by atoms with Crippen molar-refractivity contribution >= 4 is 21.5 Å². The van der Waals surface area contributed by atoms with Gasteiger partial charge in [-0.25, -0.2) is 0 Å². The molecule has 1 saturated heterocycles. The summed E-state index contributed by atoms with van der Waals surface area (Å²) in [5, 5.41) is 0. The van der Waals surface area contributed by atoms with Crippen LogP contribution in [-0.2, 0) is 6.42 Å². The van der Waals surface area contributed by atoms with Gasteiger partial charge in [-0.1, -0.05) is 41.1 Å². The van der Waals surface area contributed by atoms with E-state index in [2.05, 4.69) is 64.2 Å². The molecule has 1 unspecified atom stereocenters. The molecule has 3 nitrogen and oxygen atoms in total. The molecule has 4 rings (SSSR count). The van der Waals surface area contributed by atoms with E-state index in [1.54, 1.807) is 7.11 Å². The molecule has 142 valence electrons. The fraction of sp³-hybridized carbons (Fsp3) is 0.391. The predicted molar refractivity (Wildman–Crippen MR) is 114 cm³/mol. The van der Waals surface area contributed by atoms with Gasteiger partial charge in [-0.05, 0) is 78.8 Å². The molecule has 2 aliphatic rings.